The molecule has 1 aliphatic heterocycles. The largest absolute Gasteiger partial charge is 0.379 e. The van der Waals surface area contributed by atoms with E-state index in [9.17, 15) is 4.79 Å². The molecule has 7 heteroatoms. The van der Waals surface area contributed by atoms with Crippen molar-refractivity contribution in [2.24, 2.45) is 0 Å². The van der Waals surface area contributed by atoms with E-state index in [4.69, 9.17) is 4.74 Å². The summed E-state index contributed by atoms with van der Waals surface area (Å²) in [5.74, 6) is 0. The number of rotatable bonds is 7. The van der Waals surface area contributed by atoms with E-state index in [1.807, 2.05) is 23.9 Å². The summed E-state index contributed by atoms with van der Waals surface area (Å²) in [7, 11) is 0. The molecule has 23 heavy (non-hydrogen) atoms. The van der Waals surface area contributed by atoms with Gasteiger partial charge in [0, 0.05) is 43.6 Å². The molecule has 2 N–H and O–H groups in total. The van der Waals surface area contributed by atoms with Crippen LogP contribution in [0.3, 0.4) is 0 Å². The molecule has 0 spiro atoms. The molecule has 1 saturated heterocycles. The summed E-state index contributed by atoms with van der Waals surface area (Å²) in [5, 5.41) is 10.1. The molecule has 0 unspecified atom stereocenters. The van der Waals surface area contributed by atoms with Crippen molar-refractivity contribution in [2.45, 2.75) is 45.3 Å². The Morgan fingerprint density at radius 3 is 2.78 bits per heavy atom. The molecule has 0 bridgehead atoms. The zero-order valence-electron chi connectivity index (χ0n) is 14.4. The molecule has 130 valence electrons. The fourth-order valence-corrected chi connectivity index (χ4v) is 2.84. The van der Waals surface area contributed by atoms with Crippen LogP contribution in [0, 0.1) is 0 Å². The molecule has 2 heterocycles. The van der Waals surface area contributed by atoms with Crippen molar-refractivity contribution in [3.63, 3.8) is 0 Å². The molecule has 0 aliphatic carbocycles. The highest BCUT2D eigenvalue weighted by atomic mass is 16.5. The van der Waals surface area contributed by atoms with Crippen LogP contribution in [0.1, 0.15) is 27.2 Å². The fourth-order valence-electron chi connectivity index (χ4n) is 2.84. The SMILES string of the molecule is CC[C@@](C)(CNC(=O)N[C@@H](C)Cn1cccn1)N1CCOCC1. The molecule has 1 aromatic heterocycles. The standard InChI is InChI=1S/C16H29N5O2/c1-4-16(3,20-8-10-23-11-9-20)13-17-15(22)19-14(2)12-21-7-5-6-18-21/h5-7,14H,4,8-13H2,1-3H3,(H2,17,19,22)/t14-,16-/m0/s1. The maximum Gasteiger partial charge on any atom is 0.315 e. The number of ether oxygens (including phenoxy) is 1. The van der Waals surface area contributed by atoms with Crippen molar-refractivity contribution < 1.29 is 9.53 Å². The van der Waals surface area contributed by atoms with Gasteiger partial charge in [-0.1, -0.05) is 6.92 Å². The number of hydrogen-bond acceptors (Lipinski definition) is 4. The lowest BCUT2D eigenvalue weighted by atomic mass is 9.95. The number of amides is 2. The highest BCUT2D eigenvalue weighted by molar-refractivity contribution is 5.74. The number of urea groups is 1. The van der Waals surface area contributed by atoms with E-state index in [1.54, 1.807) is 6.20 Å². The first-order valence-electron chi connectivity index (χ1n) is 8.38. The number of nitrogens with one attached hydrogen (secondary N) is 2. The predicted molar refractivity (Wildman–Crippen MR) is 89.3 cm³/mol. The minimum atomic E-state index is -0.127. The minimum Gasteiger partial charge on any atom is -0.379 e. The van der Waals surface area contributed by atoms with Crippen LogP contribution < -0.4 is 10.6 Å². The molecule has 7 nitrogen and oxygen atoms in total. The summed E-state index contributed by atoms with van der Waals surface area (Å²) < 4.78 is 7.23. The van der Waals surface area contributed by atoms with Crippen LogP contribution in [0.2, 0.25) is 0 Å². The third-order valence-electron chi connectivity index (χ3n) is 4.56. The van der Waals surface area contributed by atoms with Gasteiger partial charge in [-0.3, -0.25) is 9.58 Å². The van der Waals surface area contributed by atoms with Crippen LogP contribution in [0.15, 0.2) is 18.5 Å². The van der Waals surface area contributed by atoms with Crippen LogP contribution in [0.4, 0.5) is 4.79 Å². The van der Waals surface area contributed by atoms with E-state index in [0.29, 0.717) is 13.1 Å². The van der Waals surface area contributed by atoms with Gasteiger partial charge in [-0.05, 0) is 26.3 Å². The molecule has 0 radical (unpaired) electrons. The summed E-state index contributed by atoms with van der Waals surface area (Å²) in [4.78, 5) is 14.5. The van der Waals surface area contributed by atoms with Gasteiger partial charge in [-0.15, -0.1) is 0 Å². The minimum absolute atomic E-state index is 0.0196. The Labute approximate surface area is 138 Å². The molecule has 0 aromatic carbocycles. The zero-order valence-corrected chi connectivity index (χ0v) is 14.4. The number of hydrogen-bond donors (Lipinski definition) is 2. The second-order valence-corrected chi connectivity index (χ2v) is 6.41. The molecule has 2 rings (SSSR count). The second-order valence-electron chi connectivity index (χ2n) is 6.41. The topological polar surface area (TPSA) is 71.4 Å². The van der Waals surface area contributed by atoms with E-state index >= 15 is 0 Å². The number of nitrogens with zero attached hydrogens (tertiary/aromatic N) is 3. The van der Waals surface area contributed by atoms with Crippen molar-refractivity contribution in [1.82, 2.24) is 25.3 Å². The van der Waals surface area contributed by atoms with Crippen molar-refractivity contribution in [3.8, 4) is 0 Å². The van der Waals surface area contributed by atoms with Gasteiger partial charge in [-0.25, -0.2) is 4.79 Å². The number of carbonyl (C=O) groups is 1. The molecular weight excluding hydrogens is 294 g/mol. The van der Waals surface area contributed by atoms with Gasteiger partial charge in [0.05, 0.1) is 19.8 Å². The Balaban J connectivity index is 1.77. The third kappa shape index (κ3) is 5.21. The summed E-state index contributed by atoms with van der Waals surface area (Å²) >= 11 is 0. The molecule has 1 fully saturated rings. The molecule has 2 amide bonds. The molecule has 0 saturated carbocycles. The Bertz CT molecular complexity index is 473. The smallest absolute Gasteiger partial charge is 0.315 e. The Morgan fingerprint density at radius 2 is 2.17 bits per heavy atom. The lowest BCUT2D eigenvalue weighted by molar-refractivity contribution is -0.0165. The van der Waals surface area contributed by atoms with Crippen LogP contribution in [-0.2, 0) is 11.3 Å². The highest BCUT2D eigenvalue weighted by Crippen LogP contribution is 2.19. The summed E-state index contributed by atoms with van der Waals surface area (Å²) in [6.45, 7) is 11.0. The van der Waals surface area contributed by atoms with Crippen LogP contribution in [-0.4, -0.2) is 65.1 Å². The van der Waals surface area contributed by atoms with E-state index in [0.717, 1.165) is 32.7 Å². The van der Waals surface area contributed by atoms with Crippen molar-refractivity contribution >= 4 is 6.03 Å². The third-order valence-corrected chi connectivity index (χ3v) is 4.56. The number of aromatic nitrogens is 2. The number of carbonyl (C=O) groups excluding carboxylic acids is 1. The summed E-state index contributed by atoms with van der Waals surface area (Å²) in [6, 6.07) is 1.77. The van der Waals surface area contributed by atoms with Gasteiger partial charge < -0.3 is 15.4 Å². The predicted octanol–water partition coefficient (Wildman–Crippen LogP) is 1.07. The zero-order chi connectivity index (χ0) is 16.7. The highest BCUT2D eigenvalue weighted by Gasteiger charge is 2.31. The van der Waals surface area contributed by atoms with Gasteiger partial charge in [0.1, 0.15) is 0 Å². The van der Waals surface area contributed by atoms with E-state index in [2.05, 4.69) is 34.5 Å². The van der Waals surface area contributed by atoms with Crippen molar-refractivity contribution in [1.29, 1.82) is 0 Å². The van der Waals surface area contributed by atoms with E-state index in [-0.39, 0.29) is 17.6 Å². The average molecular weight is 323 g/mol. The molecule has 2 atom stereocenters. The van der Waals surface area contributed by atoms with Crippen molar-refractivity contribution in [2.75, 3.05) is 32.8 Å². The van der Waals surface area contributed by atoms with Gasteiger partial charge in [0.25, 0.3) is 0 Å². The maximum absolute atomic E-state index is 12.1. The summed E-state index contributed by atoms with van der Waals surface area (Å²) in [5.41, 5.74) is -0.0354. The lowest BCUT2D eigenvalue weighted by Crippen LogP contribution is -2.58. The Hall–Kier alpha value is -1.60. The van der Waals surface area contributed by atoms with Gasteiger partial charge >= 0.3 is 6.03 Å². The van der Waals surface area contributed by atoms with Crippen LogP contribution in [0.25, 0.3) is 0 Å². The lowest BCUT2D eigenvalue weighted by Gasteiger charge is -2.43. The Morgan fingerprint density at radius 1 is 1.43 bits per heavy atom. The summed E-state index contributed by atoms with van der Waals surface area (Å²) in [6.07, 6.45) is 4.61. The van der Waals surface area contributed by atoms with Crippen molar-refractivity contribution in [3.05, 3.63) is 18.5 Å². The van der Waals surface area contributed by atoms with Crippen LogP contribution in [0.5, 0.6) is 0 Å². The monoisotopic (exact) mass is 323 g/mol. The first kappa shape index (κ1) is 17.7. The quantitative estimate of drug-likeness (QED) is 0.787. The van der Waals surface area contributed by atoms with E-state index in [1.165, 1.54) is 0 Å². The normalized spacial score (nSPS) is 19.8. The fraction of sp³-hybridized carbons (Fsp3) is 0.750. The molecule has 1 aliphatic rings. The first-order chi connectivity index (χ1) is 11.0. The average Bonchev–Trinajstić information content (AvgIpc) is 3.06. The van der Waals surface area contributed by atoms with E-state index < -0.39 is 0 Å². The Kier molecular flexibility index (Phi) is 6.41. The number of morpholine rings is 1. The van der Waals surface area contributed by atoms with Gasteiger partial charge in [0.15, 0.2) is 0 Å². The van der Waals surface area contributed by atoms with Gasteiger partial charge in [-0.2, -0.15) is 5.10 Å². The maximum atomic E-state index is 12.1. The second kappa shape index (κ2) is 8.31. The molecule has 1 aromatic rings. The first-order valence-corrected chi connectivity index (χ1v) is 8.38. The van der Waals surface area contributed by atoms with Gasteiger partial charge in [0.2, 0.25) is 0 Å². The van der Waals surface area contributed by atoms with Crippen LogP contribution >= 0.6 is 0 Å². The molecular formula is C16H29N5O2.